The van der Waals surface area contributed by atoms with Gasteiger partial charge in [-0.1, -0.05) is 102 Å². The zero-order valence-electron chi connectivity index (χ0n) is 20.1. The molecule has 0 amide bonds. The van der Waals surface area contributed by atoms with Crippen LogP contribution in [0.15, 0.2) is 78.9 Å². The summed E-state index contributed by atoms with van der Waals surface area (Å²) in [7, 11) is 0. The minimum absolute atomic E-state index is 0.514. The molecule has 0 atom stereocenters. The fourth-order valence-corrected chi connectivity index (χ4v) is 4.00. The lowest BCUT2D eigenvalue weighted by Crippen LogP contribution is -2.00. The van der Waals surface area contributed by atoms with Gasteiger partial charge in [0.05, 0.1) is 17.1 Å². The van der Waals surface area contributed by atoms with E-state index in [0.717, 1.165) is 22.6 Å². The van der Waals surface area contributed by atoms with Gasteiger partial charge >= 0.3 is 0 Å². The van der Waals surface area contributed by atoms with Gasteiger partial charge in [0.1, 0.15) is 0 Å². The Hall–Kier alpha value is -3.13. The SMILES string of the molecule is CC(C)c1ccc(-c2cc(-c3ccc(C(C)C)cc3)n(-c3ccc(C(C)C)cc3)n2)cc1. The van der Waals surface area contributed by atoms with E-state index in [-0.39, 0.29) is 0 Å². The quantitative estimate of drug-likeness (QED) is 0.304. The summed E-state index contributed by atoms with van der Waals surface area (Å²) in [4.78, 5) is 0. The lowest BCUT2D eigenvalue weighted by Gasteiger charge is -2.11. The number of hydrogen-bond donors (Lipinski definition) is 0. The Bertz CT molecular complexity index is 1090. The highest BCUT2D eigenvalue weighted by Crippen LogP contribution is 2.31. The van der Waals surface area contributed by atoms with E-state index in [2.05, 4.69) is 125 Å². The van der Waals surface area contributed by atoms with Crippen LogP contribution in [0.1, 0.15) is 76.0 Å². The maximum Gasteiger partial charge on any atom is 0.0934 e. The molecule has 1 heterocycles. The molecular formula is C30H34N2. The summed E-state index contributed by atoms with van der Waals surface area (Å²) in [5, 5.41) is 5.05. The average molecular weight is 423 g/mol. The minimum atomic E-state index is 0.514. The fraction of sp³-hybridized carbons (Fsp3) is 0.300. The van der Waals surface area contributed by atoms with Crippen molar-refractivity contribution in [3.8, 4) is 28.2 Å². The monoisotopic (exact) mass is 422 g/mol. The second-order valence-corrected chi connectivity index (χ2v) is 9.63. The van der Waals surface area contributed by atoms with Crippen LogP contribution in [-0.2, 0) is 0 Å². The van der Waals surface area contributed by atoms with Crippen molar-refractivity contribution in [2.75, 3.05) is 0 Å². The molecule has 4 aromatic rings. The number of hydrogen-bond acceptors (Lipinski definition) is 1. The summed E-state index contributed by atoms with van der Waals surface area (Å²) in [5.74, 6) is 1.56. The first kappa shape index (κ1) is 22.1. The van der Waals surface area contributed by atoms with Gasteiger partial charge in [0.2, 0.25) is 0 Å². The van der Waals surface area contributed by atoms with Gasteiger partial charge in [0, 0.05) is 11.1 Å². The number of nitrogens with zero attached hydrogens (tertiary/aromatic N) is 2. The van der Waals surface area contributed by atoms with Gasteiger partial charge in [-0.15, -0.1) is 0 Å². The lowest BCUT2D eigenvalue weighted by molar-refractivity contribution is 0.855. The Morgan fingerprint density at radius 1 is 0.531 bits per heavy atom. The molecule has 4 rings (SSSR count). The van der Waals surface area contributed by atoms with Crippen LogP contribution < -0.4 is 0 Å². The zero-order valence-corrected chi connectivity index (χ0v) is 20.1. The van der Waals surface area contributed by atoms with Gasteiger partial charge in [0.25, 0.3) is 0 Å². The van der Waals surface area contributed by atoms with Crippen LogP contribution in [0.5, 0.6) is 0 Å². The molecule has 0 N–H and O–H groups in total. The highest BCUT2D eigenvalue weighted by atomic mass is 15.3. The van der Waals surface area contributed by atoms with Crippen LogP contribution in [0.3, 0.4) is 0 Å². The molecule has 0 aliphatic carbocycles. The predicted molar refractivity (Wildman–Crippen MR) is 137 cm³/mol. The number of benzene rings is 3. The second-order valence-electron chi connectivity index (χ2n) is 9.63. The summed E-state index contributed by atoms with van der Waals surface area (Å²) in [6.07, 6.45) is 0. The Morgan fingerprint density at radius 3 is 1.38 bits per heavy atom. The van der Waals surface area contributed by atoms with Crippen molar-refractivity contribution in [1.82, 2.24) is 9.78 Å². The van der Waals surface area contributed by atoms with Crippen molar-refractivity contribution < 1.29 is 0 Å². The van der Waals surface area contributed by atoms with E-state index >= 15 is 0 Å². The van der Waals surface area contributed by atoms with Crippen LogP contribution in [0.25, 0.3) is 28.2 Å². The van der Waals surface area contributed by atoms with Gasteiger partial charge in [-0.05, 0) is 52.6 Å². The van der Waals surface area contributed by atoms with Gasteiger partial charge < -0.3 is 0 Å². The molecule has 1 aromatic heterocycles. The maximum absolute atomic E-state index is 5.05. The molecule has 2 heteroatoms. The minimum Gasteiger partial charge on any atom is -0.232 e. The van der Waals surface area contributed by atoms with E-state index in [4.69, 9.17) is 5.10 Å². The van der Waals surface area contributed by atoms with Crippen molar-refractivity contribution in [1.29, 1.82) is 0 Å². The molecule has 0 spiro atoms. The van der Waals surface area contributed by atoms with Crippen LogP contribution in [0.4, 0.5) is 0 Å². The number of aromatic nitrogens is 2. The molecule has 3 aromatic carbocycles. The van der Waals surface area contributed by atoms with Crippen LogP contribution in [0.2, 0.25) is 0 Å². The molecule has 2 nitrogen and oxygen atoms in total. The normalized spacial score (nSPS) is 11.7. The molecule has 0 unspecified atom stereocenters. The van der Waals surface area contributed by atoms with E-state index in [1.165, 1.54) is 22.3 Å². The van der Waals surface area contributed by atoms with E-state index in [1.54, 1.807) is 0 Å². The molecular weight excluding hydrogens is 388 g/mol. The zero-order chi connectivity index (χ0) is 22.8. The maximum atomic E-state index is 5.05. The fourth-order valence-electron chi connectivity index (χ4n) is 4.00. The molecule has 0 fully saturated rings. The Labute approximate surface area is 192 Å². The third-order valence-electron chi connectivity index (χ3n) is 6.26. The Kier molecular flexibility index (Phi) is 6.32. The first-order valence-electron chi connectivity index (χ1n) is 11.7. The highest BCUT2D eigenvalue weighted by Gasteiger charge is 2.14. The van der Waals surface area contributed by atoms with Crippen molar-refractivity contribution in [3.05, 3.63) is 95.6 Å². The van der Waals surface area contributed by atoms with Crippen molar-refractivity contribution in [2.45, 2.75) is 59.3 Å². The summed E-state index contributed by atoms with van der Waals surface area (Å²) < 4.78 is 2.08. The standard InChI is InChI=1S/C30H34N2/c1-20(2)23-7-11-26(12-8-23)29-19-30(27-13-9-24(10-14-27)21(3)4)32(31-29)28-17-15-25(16-18-28)22(5)6/h7-22H,1-6H3. The third kappa shape index (κ3) is 4.55. The molecule has 0 saturated heterocycles. The molecule has 0 radical (unpaired) electrons. The average Bonchev–Trinajstić information content (AvgIpc) is 3.24. The molecule has 32 heavy (non-hydrogen) atoms. The largest absolute Gasteiger partial charge is 0.232 e. The third-order valence-corrected chi connectivity index (χ3v) is 6.26. The van der Waals surface area contributed by atoms with Gasteiger partial charge in [-0.3, -0.25) is 0 Å². The van der Waals surface area contributed by atoms with Crippen LogP contribution >= 0.6 is 0 Å². The van der Waals surface area contributed by atoms with Gasteiger partial charge in [-0.25, -0.2) is 4.68 Å². The molecule has 0 aliphatic rings. The molecule has 164 valence electrons. The topological polar surface area (TPSA) is 17.8 Å². The lowest BCUT2D eigenvalue weighted by atomic mass is 9.99. The van der Waals surface area contributed by atoms with Crippen molar-refractivity contribution in [2.24, 2.45) is 0 Å². The van der Waals surface area contributed by atoms with E-state index in [0.29, 0.717) is 17.8 Å². The Morgan fingerprint density at radius 2 is 0.938 bits per heavy atom. The first-order chi connectivity index (χ1) is 15.3. The smallest absolute Gasteiger partial charge is 0.0934 e. The second kappa shape index (κ2) is 9.16. The summed E-state index contributed by atoms with van der Waals surface area (Å²) in [5.41, 5.74) is 9.56. The van der Waals surface area contributed by atoms with Crippen molar-refractivity contribution >= 4 is 0 Å². The van der Waals surface area contributed by atoms with E-state index in [9.17, 15) is 0 Å². The van der Waals surface area contributed by atoms with Crippen molar-refractivity contribution in [3.63, 3.8) is 0 Å². The molecule has 0 saturated carbocycles. The van der Waals surface area contributed by atoms with E-state index in [1.807, 2.05) is 0 Å². The van der Waals surface area contributed by atoms with Gasteiger partial charge in [-0.2, -0.15) is 5.10 Å². The summed E-state index contributed by atoms with van der Waals surface area (Å²) in [6, 6.07) is 28.7. The molecule has 0 aliphatic heterocycles. The summed E-state index contributed by atoms with van der Waals surface area (Å²) >= 11 is 0. The molecule has 0 bridgehead atoms. The Balaban J connectivity index is 1.80. The number of rotatable bonds is 6. The summed E-state index contributed by atoms with van der Waals surface area (Å²) in [6.45, 7) is 13.4. The first-order valence-corrected chi connectivity index (χ1v) is 11.7. The van der Waals surface area contributed by atoms with E-state index < -0.39 is 0 Å². The van der Waals surface area contributed by atoms with Gasteiger partial charge in [0.15, 0.2) is 0 Å². The van der Waals surface area contributed by atoms with Crippen LogP contribution in [0, 0.1) is 0 Å². The predicted octanol–water partition coefficient (Wildman–Crippen LogP) is 8.58. The van der Waals surface area contributed by atoms with Crippen LogP contribution in [-0.4, -0.2) is 9.78 Å². The highest BCUT2D eigenvalue weighted by molar-refractivity contribution is 5.71.